The van der Waals surface area contributed by atoms with Crippen LogP contribution in [0, 0.1) is 5.92 Å². The van der Waals surface area contributed by atoms with E-state index in [1.165, 1.54) is 6.92 Å². The summed E-state index contributed by atoms with van der Waals surface area (Å²) in [6.07, 6.45) is -1.18. The maximum Gasteiger partial charge on any atom is 0.407 e. The van der Waals surface area contributed by atoms with Gasteiger partial charge < -0.3 is 14.9 Å². The summed E-state index contributed by atoms with van der Waals surface area (Å²) >= 11 is 0. The van der Waals surface area contributed by atoms with Crippen molar-refractivity contribution in [1.29, 1.82) is 0 Å². The lowest BCUT2D eigenvalue weighted by molar-refractivity contribution is -0.148. The smallest absolute Gasteiger partial charge is 0.407 e. The normalized spacial score (nSPS) is 34.8. The Balaban J connectivity index is 2.17. The number of rotatable bonds is 2. The molecule has 4 atom stereocenters. The van der Waals surface area contributed by atoms with Crippen molar-refractivity contribution >= 4 is 18.0 Å². The molecule has 2 bridgehead atoms. The van der Waals surface area contributed by atoms with Gasteiger partial charge in [-0.05, 0) is 6.42 Å². The molecule has 0 spiro atoms. The van der Waals surface area contributed by atoms with Gasteiger partial charge >= 0.3 is 18.0 Å². The average Bonchev–Trinajstić information content (AvgIpc) is 2.70. The molecule has 2 heterocycles. The van der Waals surface area contributed by atoms with Crippen molar-refractivity contribution in [1.82, 2.24) is 4.90 Å². The van der Waals surface area contributed by atoms with Crippen LogP contribution in [0.3, 0.4) is 0 Å². The molecule has 94 valence electrons. The molecule has 0 saturated carbocycles. The summed E-state index contributed by atoms with van der Waals surface area (Å²) in [4.78, 5) is 34.0. The number of carboxylic acids is 1. The van der Waals surface area contributed by atoms with Crippen molar-refractivity contribution in [3.63, 3.8) is 0 Å². The van der Waals surface area contributed by atoms with Gasteiger partial charge in [-0.2, -0.15) is 0 Å². The standard InChI is InChI=1S/C10H13NO6/c1-4(12)17-8-3-6-5(9(13)14)2-7(8)11(6)10(15)16/h5-8H,2-3H2,1H3,(H,13,14)(H,15,16)/t5-,6?,7?,8?/m1/s1. The molecule has 2 N–H and O–H groups in total. The summed E-state index contributed by atoms with van der Waals surface area (Å²) in [6, 6.07) is -1.11. The van der Waals surface area contributed by atoms with Crippen molar-refractivity contribution in [3.05, 3.63) is 0 Å². The van der Waals surface area contributed by atoms with Crippen molar-refractivity contribution in [2.45, 2.75) is 38.0 Å². The second-order valence-corrected chi connectivity index (χ2v) is 4.39. The van der Waals surface area contributed by atoms with E-state index in [0.29, 0.717) is 0 Å². The molecule has 7 heteroatoms. The molecule has 1 amide bonds. The first-order chi connectivity index (χ1) is 7.91. The van der Waals surface area contributed by atoms with Gasteiger partial charge in [0.25, 0.3) is 0 Å². The largest absolute Gasteiger partial charge is 0.481 e. The molecule has 3 unspecified atom stereocenters. The van der Waals surface area contributed by atoms with Crippen molar-refractivity contribution in [3.8, 4) is 0 Å². The first-order valence-corrected chi connectivity index (χ1v) is 5.33. The molecule has 2 fully saturated rings. The number of carbonyl (C=O) groups excluding carboxylic acids is 1. The Bertz CT molecular complexity index is 381. The number of aliphatic carboxylic acids is 1. The summed E-state index contributed by atoms with van der Waals surface area (Å²) < 4.78 is 5.02. The molecule has 0 aromatic rings. The van der Waals surface area contributed by atoms with Crippen molar-refractivity contribution < 1.29 is 29.3 Å². The molecule has 2 aliphatic rings. The fourth-order valence-corrected chi connectivity index (χ4v) is 2.86. The van der Waals surface area contributed by atoms with Gasteiger partial charge in [-0.25, -0.2) is 4.79 Å². The van der Waals surface area contributed by atoms with Crippen molar-refractivity contribution in [2.75, 3.05) is 0 Å². The first kappa shape index (κ1) is 11.7. The summed E-state index contributed by atoms with van der Waals surface area (Å²) in [5.74, 6) is -2.16. The van der Waals surface area contributed by atoms with Gasteiger partial charge in [0.05, 0.1) is 18.0 Å². The van der Waals surface area contributed by atoms with Crippen LogP contribution >= 0.6 is 0 Å². The second-order valence-electron chi connectivity index (χ2n) is 4.39. The third-order valence-corrected chi connectivity index (χ3v) is 3.43. The van der Waals surface area contributed by atoms with Crippen molar-refractivity contribution in [2.24, 2.45) is 5.92 Å². The maximum absolute atomic E-state index is 11.1. The lowest BCUT2D eigenvalue weighted by Gasteiger charge is -2.22. The third kappa shape index (κ3) is 1.81. The summed E-state index contributed by atoms with van der Waals surface area (Å²) in [5.41, 5.74) is 0. The highest BCUT2D eigenvalue weighted by molar-refractivity contribution is 5.76. The van der Waals surface area contributed by atoms with E-state index in [1.54, 1.807) is 0 Å². The fourth-order valence-electron chi connectivity index (χ4n) is 2.86. The quantitative estimate of drug-likeness (QED) is 0.668. The molecule has 7 nitrogen and oxygen atoms in total. The Morgan fingerprint density at radius 1 is 1.18 bits per heavy atom. The first-order valence-electron chi connectivity index (χ1n) is 5.33. The highest BCUT2D eigenvalue weighted by atomic mass is 16.5. The molecule has 2 aliphatic heterocycles. The Hall–Kier alpha value is -1.79. The number of hydrogen-bond acceptors (Lipinski definition) is 4. The van der Waals surface area contributed by atoms with Crippen LogP contribution in [-0.2, 0) is 14.3 Å². The Morgan fingerprint density at radius 3 is 2.29 bits per heavy atom. The molecular weight excluding hydrogens is 230 g/mol. The van der Waals surface area contributed by atoms with E-state index >= 15 is 0 Å². The van der Waals surface area contributed by atoms with Crippen LogP contribution in [0.15, 0.2) is 0 Å². The molecule has 0 aliphatic carbocycles. The zero-order chi connectivity index (χ0) is 12.7. The predicted octanol–water partition coefficient (Wildman–Crippen LogP) is 0.144. The van der Waals surface area contributed by atoms with Gasteiger partial charge in [0.15, 0.2) is 0 Å². The predicted molar refractivity (Wildman–Crippen MR) is 53.4 cm³/mol. The van der Waals surface area contributed by atoms with Crippen LogP contribution < -0.4 is 0 Å². The lowest BCUT2D eigenvalue weighted by atomic mass is 9.87. The van der Waals surface area contributed by atoms with Gasteiger partial charge in [0, 0.05) is 13.3 Å². The number of amides is 1. The Morgan fingerprint density at radius 2 is 1.82 bits per heavy atom. The maximum atomic E-state index is 11.1. The van der Waals surface area contributed by atoms with Gasteiger partial charge in [-0.3, -0.25) is 14.5 Å². The fraction of sp³-hybridized carbons (Fsp3) is 0.700. The molecule has 2 rings (SSSR count). The van der Waals surface area contributed by atoms with Gasteiger partial charge in [0.1, 0.15) is 6.10 Å². The van der Waals surface area contributed by atoms with Gasteiger partial charge in [0.2, 0.25) is 0 Å². The minimum absolute atomic E-state index is 0.213. The number of fused-ring (bicyclic) bond motifs is 2. The topological polar surface area (TPSA) is 104 Å². The average molecular weight is 243 g/mol. The molecule has 0 radical (unpaired) electrons. The lowest BCUT2D eigenvalue weighted by Crippen LogP contribution is -2.37. The van der Waals surface area contributed by atoms with E-state index in [0.717, 1.165) is 4.90 Å². The minimum Gasteiger partial charge on any atom is -0.481 e. The molecular formula is C10H13NO6. The summed E-state index contributed by atoms with van der Waals surface area (Å²) in [7, 11) is 0. The van der Waals surface area contributed by atoms with Crippen LogP contribution in [0.2, 0.25) is 0 Å². The zero-order valence-corrected chi connectivity index (χ0v) is 9.20. The summed E-state index contributed by atoms with van der Waals surface area (Å²) in [6.45, 7) is 1.26. The van der Waals surface area contributed by atoms with E-state index < -0.39 is 42.1 Å². The SMILES string of the molecule is CC(=O)OC1CC2[C@H](C(=O)O)CC1N2C(=O)O. The van der Waals surface area contributed by atoms with Crippen LogP contribution in [0.4, 0.5) is 4.79 Å². The molecule has 2 saturated heterocycles. The highest BCUT2D eigenvalue weighted by Gasteiger charge is 2.57. The molecule has 17 heavy (non-hydrogen) atoms. The second kappa shape index (κ2) is 3.90. The van der Waals surface area contributed by atoms with Gasteiger partial charge in [-0.1, -0.05) is 0 Å². The van der Waals surface area contributed by atoms with Crippen LogP contribution in [0.5, 0.6) is 0 Å². The van der Waals surface area contributed by atoms with E-state index in [9.17, 15) is 14.4 Å². The van der Waals surface area contributed by atoms with Crippen LogP contribution in [-0.4, -0.2) is 51.3 Å². The van der Waals surface area contributed by atoms with E-state index in [2.05, 4.69) is 0 Å². The van der Waals surface area contributed by atoms with E-state index in [1.807, 2.05) is 0 Å². The monoisotopic (exact) mass is 243 g/mol. The van der Waals surface area contributed by atoms with Crippen LogP contribution in [0.1, 0.15) is 19.8 Å². The highest BCUT2D eigenvalue weighted by Crippen LogP contribution is 2.43. The number of carbonyl (C=O) groups is 3. The number of esters is 1. The molecule has 0 aromatic heterocycles. The number of carboxylic acid groups (broad SMARTS) is 2. The zero-order valence-electron chi connectivity index (χ0n) is 9.20. The van der Waals surface area contributed by atoms with Gasteiger partial charge in [-0.15, -0.1) is 0 Å². The Labute approximate surface area is 97.0 Å². The minimum atomic E-state index is -1.15. The number of ether oxygens (including phenoxy) is 1. The number of hydrogen-bond donors (Lipinski definition) is 2. The Kier molecular flexibility index (Phi) is 2.68. The summed E-state index contributed by atoms with van der Waals surface area (Å²) in [5, 5.41) is 18.0. The van der Waals surface area contributed by atoms with E-state index in [-0.39, 0.29) is 12.8 Å². The molecule has 0 aromatic carbocycles. The van der Waals surface area contributed by atoms with E-state index in [4.69, 9.17) is 14.9 Å². The third-order valence-electron chi connectivity index (χ3n) is 3.43. The van der Waals surface area contributed by atoms with Crippen LogP contribution in [0.25, 0.3) is 0 Å². The number of nitrogens with zero attached hydrogens (tertiary/aromatic N) is 1.